The number of nitrogens with zero attached hydrogens (tertiary/aromatic N) is 4. The second-order valence-electron chi connectivity index (χ2n) is 11.0. The number of thiophene rings is 1. The predicted molar refractivity (Wildman–Crippen MR) is 148 cm³/mol. The van der Waals surface area contributed by atoms with Crippen molar-refractivity contribution in [3.8, 4) is 16.2 Å². The van der Waals surface area contributed by atoms with Gasteiger partial charge in [-0.1, -0.05) is 6.07 Å². The first kappa shape index (κ1) is 25.8. The normalized spacial score (nSPS) is 17.8. The summed E-state index contributed by atoms with van der Waals surface area (Å²) in [6.45, 7) is 10.2. The Labute approximate surface area is 224 Å². The standard InChI is InChI=1S/C27H32N6O4S/c1-15-9-16-11-20(38-22(16)19(10-15)36-6)17-12-18(33-21(17)23(28)29-14-30-33)24(34)32-8-7-27(5,13-32)31-25(35)37-26(2,3)4/h9-12,14H,7-8,13H2,1-6H3,(H,31,35)(H2,28,29,30)/t27-/m0/s1. The molecule has 10 nitrogen and oxygen atoms in total. The zero-order valence-corrected chi connectivity index (χ0v) is 23.2. The molecule has 0 bridgehead atoms. The lowest BCUT2D eigenvalue weighted by molar-refractivity contribution is 0.0461. The van der Waals surface area contributed by atoms with Gasteiger partial charge in [0.25, 0.3) is 5.91 Å². The van der Waals surface area contributed by atoms with Crippen LogP contribution in [0.5, 0.6) is 5.75 Å². The van der Waals surface area contributed by atoms with Crippen molar-refractivity contribution in [1.29, 1.82) is 0 Å². The average molecular weight is 537 g/mol. The van der Waals surface area contributed by atoms with E-state index in [1.54, 1.807) is 27.9 Å². The van der Waals surface area contributed by atoms with Gasteiger partial charge in [0.15, 0.2) is 5.82 Å². The molecule has 1 aromatic carbocycles. The van der Waals surface area contributed by atoms with E-state index in [2.05, 4.69) is 27.5 Å². The Morgan fingerprint density at radius 3 is 2.68 bits per heavy atom. The summed E-state index contributed by atoms with van der Waals surface area (Å²) in [5.41, 5.74) is 7.92. The Morgan fingerprint density at radius 1 is 1.21 bits per heavy atom. The topological polar surface area (TPSA) is 124 Å². The minimum absolute atomic E-state index is 0.200. The minimum Gasteiger partial charge on any atom is -0.495 e. The Balaban J connectivity index is 1.49. The number of carbonyl (C=O) groups is 2. The molecule has 3 aromatic heterocycles. The number of rotatable bonds is 4. The van der Waals surface area contributed by atoms with Gasteiger partial charge in [-0.2, -0.15) is 5.10 Å². The predicted octanol–water partition coefficient (Wildman–Crippen LogP) is 4.64. The molecule has 1 saturated heterocycles. The van der Waals surface area contributed by atoms with Crippen molar-refractivity contribution in [3.05, 3.63) is 41.9 Å². The maximum absolute atomic E-state index is 13.8. The zero-order chi connectivity index (χ0) is 27.4. The van der Waals surface area contributed by atoms with Gasteiger partial charge in [0.2, 0.25) is 0 Å². The highest BCUT2D eigenvalue weighted by molar-refractivity contribution is 7.22. The van der Waals surface area contributed by atoms with Crippen LogP contribution in [-0.4, -0.2) is 62.8 Å². The van der Waals surface area contributed by atoms with Crippen molar-refractivity contribution in [2.45, 2.75) is 52.2 Å². The van der Waals surface area contributed by atoms with Crippen LogP contribution in [-0.2, 0) is 4.74 Å². The maximum Gasteiger partial charge on any atom is 0.408 e. The molecule has 4 aromatic rings. The van der Waals surface area contributed by atoms with Crippen LogP contribution in [0.3, 0.4) is 0 Å². The van der Waals surface area contributed by atoms with Gasteiger partial charge in [-0.05, 0) is 70.2 Å². The molecule has 4 heterocycles. The lowest BCUT2D eigenvalue weighted by Crippen LogP contribution is -2.50. The van der Waals surface area contributed by atoms with Gasteiger partial charge in [-0.15, -0.1) is 11.3 Å². The number of nitrogens with two attached hydrogens (primary N) is 1. The van der Waals surface area contributed by atoms with Gasteiger partial charge in [0, 0.05) is 23.5 Å². The second kappa shape index (κ2) is 9.16. The van der Waals surface area contributed by atoms with E-state index in [-0.39, 0.29) is 11.7 Å². The number of likely N-dealkylation sites (tertiary alicyclic amines) is 1. The van der Waals surface area contributed by atoms with Gasteiger partial charge >= 0.3 is 6.09 Å². The Bertz CT molecular complexity index is 1570. The number of carbonyl (C=O) groups excluding carboxylic acids is 2. The van der Waals surface area contributed by atoms with Crippen molar-refractivity contribution in [2.24, 2.45) is 0 Å². The van der Waals surface area contributed by atoms with E-state index in [4.69, 9.17) is 15.2 Å². The van der Waals surface area contributed by atoms with E-state index in [1.807, 2.05) is 46.8 Å². The number of anilines is 1. The summed E-state index contributed by atoms with van der Waals surface area (Å²) >= 11 is 1.57. The molecule has 0 spiro atoms. The molecule has 3 N–H and O–H groups in total. The maximum atomic E-state index is 13.8. The number of fused-ring (bicyclic) bond motifs is 2. The third kappa shape index (κ3) is 4.73. The number of amides is 2. The minimum atomic E-state index is -0.609. The van der Waals surface area contributed by atoms with E-state index in [1.165, 1.54) is 6.33 Å². The smallest absolute Gasteiger partial charge is 0.408 e. The Hall–Kier alpha value is -3.86. The molecule has 200 valence electrons. The number of methoxy groups -OCH3 is 1. The fraction of sp³-hybridized carbons (Fsp3) is 0.407. The van der Waals surface area contributed by atoms with E-state index in [9.17, 15) is 9.59 Å². The number of hydrogen-bond donors (Lipinski definition) is 2. The van der Waals surface area contributed by atoms with Crippen LogP contribution in [0.2, 0.25) is 0 Å². The van der Waals surface area contributed by atoms with Crippen molar-refractivity contribution < 1.29 is 19.1 Å². The summed E-state index contributed by atoms with van der Waals surface area (Å²) < 4.78 is 13.6. The molecule has 0 radical (unpaired) electrons. The molecule has 5 rings (SSSR count). The quantitative estimate of drug-likeness (QED) is 0.389. The molecule has 38 heavy (non-hydrogen) atoms. The summed E-state index contributed by atoms with van der Waals surface area (Å²) in [4.78, 5) is 33.0. The fourth-order valence-corrected chi connectivity index (χ4v) is 6.06. The molecule has 1 fully saturated rings. The lowest BCUT2D eigenvalue weighted by Gasteiger charge is -2.28. The molecule has 2 amide bonds. The molecule has 0 saturated carbocycles. The molecule has 0 aliphatic carbocycles. The number of alkyl carbamates (subject to hydrolysis) is 1. The number of aromatic nitrogens is 3. The second-order valence-corrected chi connectivity index (χ2v) is 12.1. The number of ether oxygens (including phenoxy) is 2. The van der Waals surface area contributed by atoms with Crippen LogP contribution in [0.15, 0.2) is 30.6 Å². The van der Waals surface area contributed by atoms with Crippen LogP contribution in [0.25, 0.3) is 26.0 Å². The van der Waals surface area contributed by atoms with Crippen molar-refractivity contribution in [1.82, 2.24) is 24.8 Å². The van der Waals surface area contributed by atoms with E-state index >= 15 is 0 Å². The molecular weight excluding hydrogens is 504 g/mol. The number of nitrogen functional groups attached to an aromatic ring is 1. The van der Waals surface area contributed by atoms with Gasteiger partial charge in [-0.3, -0.25) is 4.79 Å². The van der Waals surface area contributed by atoms with Gasteiger partial charge in [0.05, 0.1) is 17.3 Å². The van der Waals surface area contributed by atoms with Crippen LogP contribution in [0, 0.1) is 6.92 Å². The average Bonchev–Trinajstić information content (AvgIpc) is 3.52. The Kier molecular flexibility index (Phi) is 6.21. The first-order valence-electron chi connectivity index (χ1n) is 12.4. The van der Waals surface area contributed by atoms with E-state index < -0.39 is 17.2 Å². The number of nitrogens with one attached hydrogen (secondary N) is 1. The monoisotopic (exact) mass is 536 g/mol. The molecule has 0 unspecified atom stereocenters. The third-order valence-electron chi connectivity index (χ3n) is 6.58. The largest absolute Gasteiger partial charge is 0.495 e. The highest BCUT2D eigenvalue weighted by Crippen LogP contribution is 2.42. The number of hydrogen-bond acceptors (Lipinski definition) is 8. The van der Waals surface area contributed by atoms with Crippen molar-refractivity contribution >= 4 is 44.8 Å². The fourth-order valence-electron chi connectivity index (χ4n) is 4.91. The summed E-state index contributed by atoms with van der Waals surface area (Å²) in [5, 5.41) is 8.36. The summed E-state index contributed by atoms with van der Waals surface area (Å²) in [7, 11) is 1.66. The van der Waals surface area contributed by atoms with E-state index in [0.717, 1.165) is 31.8 Å². The van der Waals surface area contributed by atoms with Gasteiger partial charge < -0.3 is 25.4 Å². The summed E-state index contributed by atoms with van der Waals surface area (Å²) in [6, 6.07) is 8.00. The summed E-state index contributed by atoms with van der Waals surface area (Å²) in [5.74, 6) is 0.884. The van der Waals surface area contributed by atoms with Crippen molar-refractivity contribution in [2.75, 3.05) is 25.9 Å². The third-order valence-corrected chi connectivity index (χ3v) is 7.78. The first-order valence-corrected chi connectivity index (χ1v) is 13.2. The molecule has 11 heteroatoms. The SMILES string of the molecule is COc1cc(C)cc2cc(-c3cc(C(=O)N4CC[C@](C)(NC(=O)OC(C)(C)C)C4)n4ncnc(N)c34)sc12. The van der Waals surface area contributed by atoms with Crippen LogP contribution >= 0.6 is 11.3 Å². The number of aryl methyl sites for hydroxylation is 1. The van der Waals surface area contributed by atoms with Crippen LogP contribution < -0.4 is 15.8 Å². The lowest BCUT2D eigenvalue weighted by atomic mass is 10.0. The number of benzene rings is 1. The van der Waals surface area contributed by atoms with Crippen LogP contribution in [0.1, 0.15) is 50.2 Å². The van der Waals surface area contributed by atoms with Gasteiger partial charge in [0.1, 0.15) is 28.9 Å². The van der Waals surface area contributed by atoms with Gasteiger partial charge in [-0.25, -0.2) is 14.3 Å². The van der Waals surface area contributed by atoms with E-state index in [0.29, 0.717) is 30.7 Å². The molecular formula is C27H32N6O4S. The molecule has 1 atom stereocenters. The highest BCUT2D eigenvalue weighted by Gasteiger charge is 2.39. The van der Waals surface area contributed by atoms with Crippen molar-refractivity contribution in [3.63, 3.8) is 0 Å². The summed E-state index contributed by atoms with van der Waals surface area (Å²) in [6.07, 6.45) is 1.44. The first-order chi connectivity index (χ1) is 17.9. The molecule has 1 aliphatic rings. The Morgan fingerprint density at radius 2 is 1.97 bits per heavy atom. The van der Waals surface area contributed by atoms with Crippen LogP contribution in [0.4, 0.5) is 10.6 Å². The highest BCUT2D eigenvalue weighted by atomic mass is 32.1. The molecule has 1 aliphatic heterocycles. The zero-order valence-electron chi connectivity index (χ0n) is 22.4.